The van der Waals surface area contributed by atoms with Gasteiger partial charge >= 0.3 is 12.1 Å². The number of likely N-dealkylation sites (tertiary alicyclic amines) is 1. The highest BCUT2D eigenvalue weighted by atomic mass is 79.9. The van der Waals surface area contributed by atoms with Gasteiger partial charge in [0, 0.05) is 13.1 Å². The Bertz CT molecular complexity index is 713. The van der Waals surface area contributed by atoms with E-state index in [0.717, 1.165) is 0 Å². The summed E-state index contributed by atoms with van der Waals surface area (Å²) in [6.07, 6.45) is -3.47. The van der Waals surface area contributed by atoms with Gasteiger partial charge in [-0.05, 0) is 40.9 Å². The van der Waals surface area contributed by atoms with Crippen LogP contribution in [0.4, 0.5) is 13.2 Å². The van der Waals surface area contributed by atoms with Gasteiger partial charge in [0.2, 0.25) is 5.89 Å². The SMILES string of the molecule is O=C(c1ccc(Br)o1)N1CCCC(c2nnc(C(F)(F)F)o2)C1. The third-order valence-electron chi connectivity index (χ3n) is 3.52. The van der Waals surface area contributed by atoms with E-state index in [0.29, 0.717) is 24.1 Å². The molecule has 1 atom stereocenters. The number of aromatic nitrogens is 2. The number of hydrogen-bond donors (Lipinski definition) is 0. The highest BCUT2D eigenvalue weighted by Gasteiger charge is 2.39. The number of alkyl halides is 3. The van der Waals surface area contributed by atoms with Crippen LogP contribution in [0, 0.1) is 0 Å². The van der Waals surface area contributed by atoms with Gasteiger partial charge in [-0.25, -0.2) is 0 Å². The Hall–Kier alpha value is -1.84. The molecule has 1 saturated heterocycles. The lowest BCUT2D eigenvalue weighted by Crippen LogP contribution is -2.39. The first-order valence-corrected chi connectivity index (χ1v) is 7.59. The predicted octanol–water partition coefficient (Wildman–Crippen LogP) is 3.46. The summed E-state index contributed by atoms with van der Waals surface area (Å²) < 4.78 is 47.9. The van der Waals surface area contributed by atoms with Crippen molar-refractivity contribution in [3.05, 3.63) is 34.3 Å². The molecule has 2 aromatic heterocycles. The van der Waals surface area contributed by atoms with Gasteiger partial charge in [0.05, 0.1) is 5.92 Å². The van der Waals surface area contributed by atoms with Gasteiger partial charge in [-0.3, -0.25) is 4.79 Å². The summed E-state index contributed by atoms with van der Waals surface area (Å²) in [5.41, 5.74) is 0. The van der Waals surface area contributed by atoms with Gasteiger partial charge in [-0.2, -0.15) is 13.2 Å². The van der Waals surface area contributed by atoms with E-state index in [1.165, 1.54) is 11.0 Å². The number of piperidine rings is 1. The zero-order valence-corrected chi connectivity index (χ0v) is 13.2. The quantitative estimate of drug-likeness (QED) is 0.780. The lowest BCUT2D eigenvalue weighted by Gasteiger charge is -2.30. The Balaban J connectivity index is 1.73. The summed E-state index contributed by atoms with van der Waals surface area (Å²) in [5.74, 6) is -2.05. The number of halogens is 4. The van der Waals surface area contributed by atoms with Crippen LogP contribution >= 0.6 is 15.9 Å². The molecule has 1 fully saturated rings. The Morgan fingerprint density at radius 2 is 2.09 bits per heavy atom. The Morgan fingerprint density at radius 1 is 1.30 bits per heavy atom. The Kier molecular flexibility index (Phi) is 4.17. The van der Waals surface area contributed by atoms with Gasteiger partial charge in [0.1, 0.15) is 0 Å². The van der Waals surface area contributed by atoms with E-state index < -0.39 is 18.0 Å². The number of hydrogen-bond acceptors (Lipinski definition) is 5. The van der Waals surface area contributed by atoms with Crippen molar-refractivity contribution in [1.29, 1.82) is 0 Å². The lowest BCUT2D eigenvalue weighted by atomic mass is 9.98. The topological polar surface area (TPSA) is 72.4 Å². The third-order valence-corrected chi connectivity index (χ3v) is 3.95. The molecule has 0 spiro atoms. The number of nitrogens with zero attached hydrogens (tertiary/aromatic N) is 3. The molecule has 0 bridgehead atoms. The number of carbonyl (C=O) groups is 1. The van der Waals surface area contributed by atoms with Crippen LogP contribution < -0.4 is 0 Å². The summed E-state index contributed by atoms with van der Waals surface area (Å²) in [4.78, 5) is 13.8. The van der Waals surface area contributed by atoms with E-state index >= 15 is 0 Å². The fourth-order valence-electron chi connectivity index (χ4n) is 2.46. The molecule has 1 unspecified atom stereocenters. The average molecular weight is 394 g/mol. The van der Waals surface area contributed by atoms with Crippen molar-refractivity contribution in [3.8, 4) is 0 Å². The largest absolute Gasteiger partial charge is 0.470 e. The lowest BCUT2D eigenvalue weighted by molar-refractivity contribution is -0.157. The molecular weight excluding hydrogens is 383 g/mol. The monoisotopic (exact) mass is 393 g/mol. The molecule has 23 heavy (non-hydrogen) atoms. The molecule has 10 heteroatoms. The minimum absolute atomic E-state index is 0.101. The maximum Gasteiger partial charge on any atom is 0.470 e. The predicted molar refractivity (Wildman–Crippen MR) is 73.6 cm³/mol. The standard InChI is InChI=1S/C13H11BrF3N3O3/c14-9-4-3-8(22-9)11(21)20-5-1-2-7(6-20)10-18-19-12(23-10)13(15,16)17/h3-4,7H,1-2,5-6H2. The van der Waals surface area contributed by atoms with Crippen molar-refractivity contribution in [3.63, 3.8) is 0 Å². The molecule has 1 aliphatic heterocycles. The van der Waals surface area contributed by atoms with Crippen molar-refractivity contribution >= 4 is 21.8 Å². The molecule has 2 aromatic rings. The molecule has 6 nitrogen and oxygen atoms in total. The van der Waals surface area contributed by atoms with Crippen molar-refractivity contribution in [2.75, 3.05) is 13.1 Å². The van der Waals surface area contributed by atoms with Crippen molar-refractivity contribution < 1.29 is 26.8 Å². The Morgan fingerprint density at radius 3 is 2.70 bits per heavy atom. The van der Waals surface area contributed by atoms with E-state index in [2.05, 4.69) is 26.1 Å². The maximum absolute atomic E-state index is 12.5. The van der Waals surface area contributed by atoms with Gasteiger partial charge in [0.15, 0.2) is 10.4 Å². The summed E-state index contributed by atoms with van der Waals surface area (Å²) in [6.45, 7) is 0.699. The van der Waals surface area contributed by atoms with Crippen LogP contribution in [0.2, 0.25) is 0 Å². The second kappa shape index (κ2) is 5.99. The Labute approximate surface area is 136 Å². The summed E-state index contributed by atoms with van der Waals surface area (Å²) in [6, 6.07) is 3.13. The molecule has 0 N–H and O–H groups in total. The highest BCUT2D eigenvalue weighted by molar-refractivity contribution is 9.10. The molecule has 1 aliphatic rings. The van der Waals surface area contributed by atoms with E-state index in [-0.39, 0.29) is 24.1 Å². The summed E-state index contributed by atoms with van der Waals surface area (Å²) >= 11 is 3.12. The number of amides is 1. The fraction of sp³-hybridized carbons (Fsp3) is 0.462. The molecule has 0 saturated carbocycles. The first kappa shape index (κ1) is 16.0. The molecular formula is C13H11BrF3N3O3. The van der Waals surface area contributed by atoms with E-state index in [1.54, 1.807) is 6.07 Å². The van der Waals surface area contributed by atoms with Gasteiger partial charge < -0.3 is 13.7 Å². The van der Waals surface area contributed by atoms with Crippen LogP contribution in [0.5, 0.6) is 0 Å². The summed E-state index contributed by atoms with van der Waals surface area (Å²) in [7, 11) is 0. The molecule has 1 amide bonds. The van der Waals surface area contributed by atoms with Crippen LogP contribution in [0.25, 0.3) is 0 Å². The van der Waals surface area contributed by atoms with Crippen LogP contribution in [-0.2, 0) is 6.18 Å². The molecule has 3 heterocycles. The smallest absolute Gasteiger partial charge is 0.444 e. The highest BCUT2D eigenvalue weighted by Crippen LogP contribution is 2.32. The second-order valence-electron chi connectivity index (χ2n) is 5.14. The van der Waals surface area contributed by atoms with Crippen LogP contribution in [0.15, 0.2) is 25.6 Å². The zero-order chi connectivity index (χ0) is 16.6. The van der Waals surface area contributed by atoms with E-state index in [1.807, 2.05) is 0 Å². The maximum atomic E-state index is 12.5. The average Bonchev–Trinajstić information content (AvgIpc) is 3.15. The molecule has 3 rings (SSSR count). The van der Waals surface area contributed by atoms with Crippen LogP contribution in [0.1, 0.15) is 41.1 Å². The molecule has 124 valence electrons. The number of furan rings is 1. The fourth-order valence-corrected chi connectivity index (χ4v) is 2.77. The molecule has 0 aliphatic carbocycles. The molecule has 0 radical (unpaired) electrons. The van der Waals surface area contributed by atoms with Gasteiger partial charge in [-0.15, -0.1) is 10.2 Å². The second-order valence-corrected chi connectivity index (χ2v) is 5.92. The first-order valence-electron chi connectivity index (χ1n) is 6.80. The van der Waals surface area contributed by atoms with Crippen molar-refractivity contribution in [1.82, 2.24) is 15.1 Å². The number of rotatable bonds is 2. The van der Waals surface area contributed by atoms with E-state index in [4.69, 9.17) is 8.83 Å². The van der Waals surface area contributed by atoms with Gasteiger partial charge in [-0.1, -0.05) is 0 Å². The summed E-state index contributed by atoms with van der Waals surface area (Å²) in [5, 5.41) is 6.50. The zero-order valence-electron chi connectivity index (χ0n) is 11.6. The van der Waals surface area contributed by atoms with Gasteiger partial charge in [0.25, 0.3) is 5.91 Å². The number of carbonyl (C=O) groups excluding carboxylic acids is 1. The third kappa shape index (κ3) is 3.41. The van der Waals surface area contributed by atoms with Crippen LogP contribution in [0.3, 0.4) is 0 Å². The minimum atomic E-state index is -4.67. The van der Waals surface area contributed by atoms with Crippen molar-refractivity contribution in [2.24, 2.45) is 0 Å². The minimum Gasteiger partial charge on any atom is -0.444 e. The van der Waals surface area contributed by atoms with Crippen LogP contribution in [-0.4, -0.2) is 34.1 Å². The normalized spacial score (nSPS) is 19.1. The first-order chi connectivity index (χ1) is 10.8. The van der Waals surface area contributed by atoms with E-state index in [9.17, 15) is 18.0 Å². The van der Waals surface area contributed by atoms with Crippen molar-refractivity contribution in [2.45, 2.75) is 24.9 Å². The molecule has 0 aromatic carbocycles.